The molecule has 0 fully saturated rings. The Kier molecular flexibility index (Phi) is 3.87. The van der Waals surface area contributed by atoms with Gasteiger partial charge in [-0.05, 0) is 30.3 Å². The number of rotatable bonds is 3. The quantitative estimate of drug-likeness (QED) is 0.745. The maximum absolute atomic E-state index is 13.8. The maximum atomic E-state index is 13.8. The van der Waals surface area contributed by atoms with Crippen molar-refractivity contribution in [1.82, 2.24) is 9.97 Å². The number of nitrogens with one attached hydrogen (secondary N) is 1. The fourth-order valence-electron chi connectivity index (χ4n) is 1.56. The van der Waals surface area contributed by atoms with Crippen LogP contribution in [0.25, 0.3) is 0 Å². The number of nitrogens with two attached hydrogens (primary N) is 1. The predicted octanol–water partition coefficient (Wildman–Crippen LogP) is 1.70. The number of nitrogen functional groups attached to an aromatic ring is 1. The van der Waals surface area contributed by atoms with Gasteiger partial charge in [0, 0.05) is 6.07 Å². The van der Waals surface area contributed by atoms with Crippen LogP contribution in [0.1, 0.15) is 18.6 Å². The fraction of sp³-hybridized carbons (Fsp3) is 0.167. The number of H-pyrrole nitrogens is 1. The van der Waals surface area contributed by atoms with Gasteiger partial charge in [0.2, 0.25) is 0 Å². The first-order valence-electron chi connectivity index (χ1n) is 5.48. The Labute approximate surface area is 112 Å². The molecule has 0 aliphatic heterocycles. The van der Waals surface area contributed by atoms with E-state index in [4.69, 9.17) is 5.73 Å². The zero-order valence-corrected chi connectivity index (χ0v) is 10.9. The monoisotopic (exact) mass is 281 g/mol. The number of aliphatic hydroxyl groups excluding tert-OH is 1. The van der Waals surface area contributed by atoms with Crippen LogP contribution >= 0.6 is 11.8 Å². The number of anilines is 1. The van der Waals surface area contributed by atoms with Gasteiger partial charge in [0.05, 0.1) is 11.0 Å². The molecule has 4 N–H and O–H groups in total. The van der Waals surface area contributed by atoms with Crippen LogP contribution in [0.4, 0.5) is 10.2 Å². The molecule has 0 saturated carbocycles. The van der Waals surface area contributed by atoms with E-state index in [1.807, 2.05) is 0 Å². The number of aromatic amines is 1. The zero-order chi connectivity index (χ0) is 14.0. The van der Waals surface area contributed by atoms with E-state index in [1.165, 1.54) is 19.1 Å². The minimum Gasteiger partial charge on any atom is -0.389 e. The van der Waals surface area contributed by atoms with Gasteiger partial charge in [-0.1, -0.05) is 12.1 Å². The van der Waals surface area contributed by atoms with Gasteiger partial charge in [0.1, 0.15) is 11.6 Å². The summed E-state index contributed by atoms with van der Waals surface area (Å²) in [6.07, 6.45) is -0.828. The van der Waals surface area contributed by atoms with Crippen LogP contribution in [-0.2, 0) is 0 Å². The van der Waals surface area contributed by atoms with Gasteiger partial charge < -0.3 is 15.8 Å². The molecule has 0 radical (unpaired) electrons. The summed E-state index contributed by atoms with van der Waals surface area (Å²) in [4.78, 5) is 17.9. The molecule has 1 atom stereocenters. The van der Waals surface area contributed by atoms with Crippen molar-refractivity contribution in [2.24, 2.45) is 0 Å². The number of halogens is 1. The summed E-state index contributed by atoms with van der Waals surface area (Å²) in [6, 6.07) is 5.54. The predicted molar refractivity (Wildman–Crippen MR) is 70.4 cm³/mol. The summed E-state index contributed by atoms with van der Waals surface area (Å²) in [5, 5.41) is 9.80. The molecule has 0 unspecified atom stereocenters. The minimum atomic E-state index is -0.828. The number of aliphatic hydroxyl groups is 1. The van der Waals surface area contributed by atoms with Gasteiger partial charge in [0.25, 0.3) is 5.56 Å². The van der Waals surface area contributed by atoms with Crippen molar-refractivity contribution in [2.75, 3.05) is 5.73 Å². The lowest BCUT2D eigenvalue weighted by Crippen LogP contribution is -2.09. The van der Waals surface area contributed by atoms with Gasteiger partial charge in [-0.3, -0.25) is 4.79 Å². The van der Waals surface area contributed by atoms with Crippen LogP contribution in [0, 0.1) is 5.82 Å². The van der Waals surface area contributed by atoms with Crippen molar-refractivity contribution >= 4 is 17.6 Å². The first-order chi connectivity index (χ1) is 8.97. The average molecular weight is 281 g/mol. The molecular formula is C12H12FN3O2S. The van der Waals surface area contributed by atoms with E-state index in [9.17, 15) is 14.3 Å². The third kappa shape index (κ3) is 3.12. The van der Waals surface area contributed by atoms with Gasteiger partial charge in [-0.2, -0.15) is 0 Å². The van der Waals surface area contributed by atoms with Crippen molar-refractivity contribution in [3.05, 3.63) is 46.0 Å². The summed E-state index contributed by atoms with van der Waals surface area (Å²) in [5.41, 5.74) is 5.48. The third-order valence-electron chi connectivity index (χ3n) is 2.39. The molecular weight excluding hydrogens is 269 g/mol. The van der Waals surface area contributed by atoms with Crippen LogP contribution in [-0.4, -0.2) is 15.1 Å². The Bertz CT molecular complexity index is 658. The van der Waals surface area contributed by atoms with E-state index in [-0.39, 0.29) is 15.9 Å². The third-order valence-corrected chi connectivity index (χ3v) is 3.41. The molecule has 0 saturated heterocycles. The Morgan fingerprint density at radius 3 is 2.89 bits per heavy atom. The number of hydrogen-bond donors (Lipinski definition) is 3. The normalized spacial score (nSPS) is 12.4. The molecule has 19 heavy (non-hydrogen) atoms. The van der Waals surface area contributed by atoms with E-state index < -0.39 is 17.5 Å². The second-order valence-electron chi connectivity index (χ2n) is 3.91. The maximum Gasteiger partial charge on any atom is 0.253 e. The first-order valence-corrected chi connectivity index (χ1v) is 6.30. The fourth-order valence-corrected chi connectivity index (χ4v) is 2.58. The number of nitrogens with zero attached hydrogens (tertiary/aromatic N) is 1. The van der Waals surface area contributed by atoms with Crippen molar-refractivity contribution in [1.29, 1.82) is 0 Å². The summed E-state index contributed by atoms with van der Waals surface area (Å²) >= 11 is 0.916. The van der Waals surface area contributed by atoms with Crippen molar-refractivity contribution < 1.29 is 9.50 Å². The molecule has 100 valence electrons. The minimum absolute atomic E-state index is 0.0567. The Morgan fingerprint density at radius 1 is 1.53 bits per heavy atom. The highest BCUT2D eigenvalue weighted by Crippen LogP contribution is 2.33. The molecule has 1 heterocycles. The molecule has 1 aromatic heterocycles. The SMILES string of the molecule is C[C@H](O)c1cccc(F)c1Sc1nc(N)cc(=O)[nH]1. The summed E-state index contributed by atoms with van der Waals surface area (Å²) < 4.78 is 13.8. The van der Waals surface area contributed by atoms with E-state index in [0.29, 0.717) is 5.56 Å². The van der Waals surface area contributed by atoms with E-state index in [1.54, 1.807) is 6.07 Å². The first kappa shape index (κ1) is 13.6. The summed E-state index contributed by atoms with van der Waals surface area (Å²) in [6.45, 7) is 1.54. The van der Waals surface area contributed by atoms with E-state index in [0.717, 1.165) is 17.8 Å². The topological polar surface area (TPSA) is 92.0 Å². The molecule has 0 bridgehead atoms. The van der Waals surface area contributed by atoms with Crippen LogP contribution in [0.3, 0.4) is 0 Å². The van der Waals surface area contributed by atoms with Crippen molar-refractivity contribution in [3.63, 3.8) is 0 Å². The van der Waals surface area contributed by atoms with Crippen LogP contribution in [0.15, 0.2) is 39.1 Å². The molecule has 0 aliphatic rings. The number of hydrogen-bond acceptors (Lipinski definition) is 5. The molecule has 7 heteroatoms. The van der Waals surface area contributed by atoms with Gasteiger partial charge in [0.15, 0.2) is 5.16 Å². The zero-order valence-electron chi connectivity index (χ0n) is 10.1. The molecule has 0 aliphatic carbocycles. The second-order valence-corrected chi connectivity index (χ2v) is 4.91. The Hall–Kier alpha value is -1.86. The van der Waals surface area contributed by atoms with Crippen LogP contribution in [0.5, 0.6) is 0 Å². The lowest BCUT2D eigenvalue weighted by Gasteiger charge is -2.11. The highest BCUT2D eigenvalue weighted by molar-refractivity contribution is 7.99. The molecule has 5 nitrogen and oxygen atoms in total. The van der Waals surface area contributed by atoms with Gasteiger partial charge in [-0.15, -0.1) is 0 Å². The summed E-state index contributed by atoms with van der Waals surface area (Å²) in [7, 11) is 0. The second kappa shape index (κ2) is 5.41. The summed E-state index contributed by atoms with van der Waals surface area (Å²) in [5.74, 6) is -0.436. The smallest absolute Gasteiger partial charge is 0.253 e. The average Bonchev–Trinajstić information content (AvgIpc) is 2.30. The molecule has 0 spiro atoms. The lowest BCUT2D eigenvalue weighted by atomic mass is 10.1. The van der Waals surface area contributed by atoms with E-state index >= 15 is 0 Å². The van der Waals surface area contributed by atoms with Crippen molar-refractivity contribution in [2.45, 2.75) is 23.1 Å². The molecule has 1 aromatic carbocycles. The Balaban J connectivity index is 2.45. The number of benzene rings is 1. The molecule has 2 aromatic rings. The number of aromatic nitrogens is 2. The Morgan fingerprint density at radius 2 is 2.26 bits per heavy atom. The highest BCUT2D eigenvalue weighted by atomic mass is 32.2. The van der Waals surface area contributed by atoms with Crippen LogP contribution in [0.2, 0.25) is 0 Å². The van der Waals surface area contributed by atoms with Gasteiger partial charge >= 0.3 is 0 Å². The molecule has 0 amide bonds. The van der Waals surface area contributed by atoms with E-state index in [2.05, 4.69) is 9.97 Å². The van der Waals surface area contributed by atoms with Crippen molar-refractivity contribution in [3.8, 4) is 0 Å². The van der Waals surface area contributed by atoms with Crippen LogP contribution < -0.4 is 11.3 Å². The highest BCUT2D eigenvalue weighted by Gasteiger charge is 2.15. The molecule has 2 rings (SSSR count). The van der Waals surface area contributed by atoms with Gasteiger partial charge in [-0.25, -0.2) is 9.37 Å². The largest absolute Gasteiger partial charge is 0.389 e. The standard InChI is InChI=1S/C12H12FN3O2S/c1-6(17)7-3-2-4-8(13)11(7)19-12-15-9(14)5-10(18)16-12/h2-6,17H,1H3,(H3,14,15,16,18)/t6-/m0/s1. The lowest BCUT2D eigenvalue weighted by molar-refractivity contribution is 0.195.